The SMILES string of the molecule is C=Cc1cc2c(cc1-c1cn(C)c3nc(C)cc(NS(=O)(=O)c4ccn(C)n4)c13)N(C)CC2. The zero-order valence-corrected chi connectivity index (χ0v) is 19.9. The second kappa shape index (κ2) is 7.48. The number of sulfonamides is 1. The van der Waals surface area contributed by atoms with Crippen LogP contribution in [0.25, 0.3) is 28.2 Å². The molecule has 4 heterocycles. The van der Waals surface area contributed by atoms with Gasteiger partial charge in [0.15, 0.2) is 5.03 Å². The topological polar surface area (TPSA) is 85.0 Å². The Hall–Kier alpha value is -3.59. The first-order valence-corrected chi connectivity index (χ1v) is 12.2. The summed E-state index contributed by atoms with van der Waals surface area (Å²) in [5.41, 5.74) is 7.27. The van der Waals surface area contributed by atoms with E-state index in [0.717, 1.165) is 35.0 Å². The van der Waals surface area contributed by atoms with Crippen molar-refractivity contribution in [2.75, 3.05) is 23.2 Å². The number of nitrogens with zero attached hydrogens (tertiary/aromatic N) is 5. The van der Waals surface area contributed by atoms with Crippen molar-refractivity contribution in [3.8, 4) is 11.1 Å². The van der Waals surface area contributed by atoms with E-state index in [1.807, 2.05) is 30.8 Å². The summed E-state index contributed by atoms with van der Waals surface area (Å²) in [6, 6.07) is 7.59. The van der Waals surface area contributed by atoms with Crippen LogP contribution in [0.4, 0.5) is 11.4 Å². The van der Waals surface area contributed by atoms with Gasteiger partial charge >= 0.3 is 0 Å². The van der Waals surface area contributed by atoms with E-state index >= 15 is 0 Å². The zero-order chi connectivity index (χ0) is 23.5. The molecule has 5 rings (SSSR count). The number of benzene rings is 1. The summed E-state index contributed by atoms with van der Waals surface area (Å²) < 4.78 is 32.4. The van der Waals surface area contributed by atoms with Crippen molar-refractivity contribution in [3.63, 3.8) is 0 Å². The van der Waals surface area contributed by atoms with E-state index in [-0.39, 0.29) is 5.03 Å². The van der Waals surface area contributed by atoms with Crippen molar-refractivity contribution in [1.82, 2.24) is 19.3 Å². The van der Waals surface area contributed by atoms with E-state index in [9.17, 15) is 8.42 Å². The van der Waals surface area contributed by atoms with Gasteiger partial charge in [0.1, 0.15) is 5.65 Å². The fourth-order valence-corrected chi connectivity index (χ4v) is 5.57. The van der Waals surface area contributed by atoms with Gasteiger partial charge < -0.3 is 9.47 Å². The predicted molar refractivity (Wildman–Crippen MR) is 132 cm³/mol. The van der Waals surface area contributed by atoms with Gasteiger partial charge in [0.05, 0.1) is 11.1 Å². The largest absolute Gasteiger partial charge is 0.374 e. The Balaban J connectivity index is 1.75. The minimum Gasteiger partial charge on any atom is -0.374 e. The summed E-state index contributed by atoms with van der Waals surface area (Å²) in [7, 11) is 1.82. The van der Waals surface area contributed by atoms with Crippen LogP contribution in [-0.4, -0.2) is 41.3 Å². The van der Waals surface area contributed by atoms with E-state index in [0.29, 0.717) is 17.0 Å². The number of aromatic nitrogens is 4. The predicted octanol–water partition coefficient (Wildman–Crippen LogP) is 3.72. The van der Waals surface area contributed by atoms with Crippen molar-refractivity contribution < 1.29 is 8.42 Å². The number of likely N-dealkylation sites (N-methyl/N-ethyl adjacent to an activating group) is 1. The average Bonchev–Trinajstić information content (AvgIpc) is 3.45. The van der Waals surface area contributed by atoms with Crippen LogP contribution < -0.4 is 9.62 Å². The molecule has 0 spiro atoms. The molecule has 0 unspecified atom stereocenters. The third-order valence-corrected chi connectivity index (χ3v) is 7.41. The Bertz CT molecular complexity index is 1530. The zero-order valence-electron chi connectivity index (χ0n) is 19.1. The van der Waals surface area contributed by atoms with E-state index in [1.54, 1.807) is 19.3 Å². The van der Waals surface area contributed by atoms with E-state index in [1.165, 1.54) is 22.0 Å². The summed E-state index contributed by atoms with van der Waals surface area (Å²) in [5, 5.41) is 4.78. The van der Waals surface area contributed by atoms with Crippen LogP contribution in [0.3, 0.4) is 0 Å². The summed E-state index contributed by atoms with van der Waals surface area (Å²) in [5.74, 6) is 0. The maximum absolute atomic E-state index is 13.1. The van der Waals surface area contributed by atoms with Gasteiger partial charge in [0.25, 0.3) is 10.0 Å². The lowest BCUT2D eigenvalue weighted by molar-refractivity contribution is 0.593. The fourth-order valence-electron chi connectivity index (χ4n) is 4.53. The molecular weight excluding hydrogens is 436 g/mol. The molecule has 0 fully saturated rings. The number of aryl methyl sites for hydroxylation is 3. The van der Waals surface area contributed by atoms with Crippen LogP contribution >= 0.6 is 0 Å². The molecule has 0 amide bonds. The van der Waals surface area contributed by atoms with E-state index < -0.39 is 10.0 Å². The maximum Gasteiger partial charge on any atom is 0.281 e. The number of hydrogen-bond acceptors (Lipinski definition) is 5. The molecule has 0 atom stereocenters. The first-order valence-electron chi connectivity index (χ1n) is 10.7. The number of anilines is 2. The molecule has 0 aliphatic carbocycles. The molecule has 0 radical (unpaired) electrons. The second-order valence-electron chi connectivity index (χ2n) is 8.54. The standard InChI is InChI=1S/C24H26N6O2S/c1-6-16-12-17-7-9-28(3)21(17)13-18(16)19-14-29(4)24-23(19)20(11-15(2)25-24)27-33(31,32)22-8-10-30(5)26-22/h6,8,10-14H,1,7,9H2,2-5H3,(H,25,27). The molecule has 9 heteroatoms. The highest BCUT2D eigenvalue weighted by Gasteiger charge is 2.24. The van der Waals surface area contributed by atoms with Crippen LogP contribution in [-0.2, 0) is 30.5 Å². The lowest BCUT2D eigenvalue weighted by atomic mass is 9.95. The quantitative estimate of drug-likeness (QED) is 0.489. The van der Waals surface area contributed by atoms with Crippen molar-refractivity contribution in [1.29, 1.82) is 0 Å². The first-order chi connectivity index (χ1) is 15.7. The van der Waals surface area contributed by atoms with Gasteiger partial charge in [-0.2, -0.15) is 13.5 Å². The molecule has 1 N–H and O–H groups in total. The van der Waals surface area contributed by atoms with Crippen LogP contribution in [0, 0.1) is 6.92 Å². The Labute approximate surface area is 193 Å². The molecule has 0 saturated heterocycles. The first kappa shape index (κ1) is 21.3. The van der Waals surface area contributed by atoms with Gasteiger partial charge in [-0.15, -0.1) is 0 Å². The molecule has 33 heavy (non-hydrogen) atoms. The van der Waals surface area contributed by atoms with Crippen molar-refractivity contribution in [2.24, 2.45) is 14.1 Å². The lowest BCUT2D eigenvalue weighted by Gasteiger charge is -2.16. The molecular formula is C24H26N6O2S. The van der Waals surface area contributed by atoms with Crippen LogP contribution in [0.1, 0.15) is 16.8 Å². The van der Waals surface area contributed by atoms with Crippen molar-refractivity contribution >= 4 is 38.5 Å². The molecule has 0 saturated carbocycles. The van der Waals surface area contributed by atoms with E-state index in [2.05, 4.69) is 40.5 Å². The van der Waals surface area contributed by atoms with Gasteiger partial charge in [-0.25, -0.2) is 4.98 Å². The fraction of sp³-hybridized carbons (Fsp3) is 0.250. The van der Waals surface area contributed by atoms with Gasteiger partial charge in [-0.3, -0.25) is 9.40 Å². The van der Waals surface area contributed by atoms with Gasteiger partial charge in [-0.05, 0) is 54.3 Å². The molecule has 1 aromatic carbocycles. The number of pyridine rings is 1. The highest BCUT2D eigenvalue weighted by Crippen LogP contribution is 2.41. The molecule has 8 nitrogen and oxygen atoms in total. The number of hydrogen-bond donors (Lipinski definition) is 1. The highest BCUT2D eigenvalue weighted by molar-refractivity contribution is 7.92. The van der Waals surface area contributed by atoms with E-state index in [4.69, 9.17) is 4.98 Å². The number of fused-ring (bicyclic) bond motifs is 2. The Morgan fingerprint density at radius 1 is 1.15 bits per heavy atom. The Morgan fingerprint density at radius 2 is 1.94 bits per heavy atom. The smallest absolute Gasteiger partial charge is 0.281 e. The summed E-state index contributed by atoms with van der Waals surface area (Å²) in [6.45, 7) is 6.85. The molecule has 1 aliphatic heterocycles. The van der Waals surface area contributed by atoms with Crippen molar-refractivity contribution in [3.05, 3.63) is 60.1 Å². The summed E-state index contributed by atoms with van der Waals surface area (Å²) in [4.78, 5) is 6.94. The second-order valence-corrected chi connectivity index (χ2v) is 10.2. The minimum absolute atomic E-state index is 0.0315. The van der Waals surface area contributed by atoms with Crippen LogP contribution in [0.15, 0.2) is 48.3 Å². The lowest BCUT2D eigenvalue weighted by Crippen LogP contribution is -2.14. The summed E-state index contributed by atoms with van der Waals surface area (Å²) >= 11 is 0. The minimum atomic E-state index is -3.87. The maximum atomic E-state index is 13.1. The van der Waals surface area contributed by atoms with Gasteiger partial charge in [0.2, 0.25) is 0 Å². The molecule has 4 aromatic rings. The average molecular weight is 463 g/mol. The molecule has 1 aliphatic rings. The van der Waals surface area contributed by atoms with Crippen LogP contribution in [0.2, 0.25) is 0 Å². The molecule has 0 bridgehead atoms. The van der Waals surface area contributed by atoms with Crippen molar-refractivity contribution in [2.45, 2.75) is 18.4 Å². The molecule has 170 valence electrons. The summed E-state index contributed by atoms with van der Waals surface area (Å²) in [6.07, 6.45) is 6.46. The Kier molecular flexibility index (Phi) is 4.82. The van der Waals surface area contributed by atoms with Gasteiger partial charge in [-0.1, -0.05) is 12.7 Å². The monoisotopic (exact) mass is 462 g/mol. The van der Waals surface area contributed by atoms with Gasteiger partial charge in [0, 0.05) is 57.0 Å². The Morgan fingerprint density at radius 3 is 2.64 bits per heavy atom. The normalized spacial score (nSPS) is 13.5. The third-order valence-electron chi connectivity index (χ3n) is 6.15. The number of nitrogens with one attached hydrogen (secondary N) is 1. The van der Waals surface area contributed by atoms with Crippen LogP contribution in [0.5, 0.6) is 0 Å². The number of rotatable bonds is 5. The molecule has 3 aromatic heterocycles. The highest BCUT2D eigenvalue weighted by atomic mass is 32.2. The third kappa shape index (κ3) is 3.48.